The van der Waals surface area contributed by atoms with Gasteiger partial charge in [0.2, 0.25) is 5.91 Å². The monoisotopic (exact) mass is 451 g/mol. The molecule has 2 unspecified atom stereocenters. The van der Waals surface area contributed by atoms with Gasteiger partial charge in [-0.05, 0) is 55.5 Å². The minimum Gasteiger partial charge on any atom is -0.369 e. The molecule has 0 N–H and O–H groups in total. The lowest BCUT2D eigenvalue weighted by molar-refractivity contribution is -0.119. The molecule has 2 atom stereocenters. The zero-order valence-electron chi connectivity index (χ0n) is 18.7. The lowest BCUT2D eigenvalue weighted by Gasteiger charge is -2.42. The van der Waals surface area contributed by atoms with Gasteiger partial charge >= 0.3 is 6.03 Å². The minimum absolute atomic E-state index is 0.0422. The minimum atomic E-state index is -0.223. The number of piperidine rings is 1. The van der Waals surface area contributed by atoms with Gasteiger partial charge < -0.3 is 14.5 Å². The number of amides is 3. The fraction of sp³-hybridized carbons (Fsp3) is 0.462. The molecule has 3 heterocycles. The molecule has 0 spiro atoms. The summed E-state index contributed by atoms with van der Waals surface area (Å²) in [6.07, 6.45) is 4.34. The number of carbonyl (C=O) groups is 2. The smallest absolute Gasteiger partial charge is 0.331 e. The number of nitrogens with zero attached hydrogens (tertiary/aromatic N) is 3. The number of benzene rings is 2. The average molecular weight is 452 g/mol. The third-order valence-electron chi connectivity index (χ3n) is 7.08. The van der Waals surface area contributed by atoms with E-state index in [1.54, 1.807) is 0 Å². The van der Waals surface area contributed by atoms with Gasteiger partial charge in [-0.25, -0.2) is 14.1 Å². The molecule has 3 aliphatic heterocycles. The first kappa shape index (κ1) is 22.0. The van der Waals surface area contributed by atoms with Gasteiger partial charge in [0.15, 0.2) is 0 Å². The van der Waals surface area contributed by atoms with Crippen molar-refractivity contribution in [2.75, 3.05) is 31.1 Å². The van der Waals surface area contributed by atoms with Gasteiger partial charge in [0.25, 0.3) is 0 Å². The summed E-state index contributed by atoms with van der Waals surface area (Å²) in [4.78, 5) is 31.3. The van der Waals surface area contributed by atoms with Crippen molar-refractivity contribution >= 4 is 17.6 Å². The fourth-order valence-electron chi connectivity index (χ4n) is 5.29. The number of anilines is 1. The Morgan fingerprint density at radius 1 is 0.879 bits per heavy atom. The fourth-order valence-corrected chi connectivity index (χ4v) is 5.29. The van der Waals surface area contributed by atoms with Crippen LogP contribution < -0.4 is 4.90 Å². The Bertz CT molecular complexity index is 976. The molecule has 3 amide bonds. The number of ether oxygens (including phenoxy) is 1. The largest absolute Gasteiger partial charge is 0.369 e. The van der Waals surface area contributed by atoms with Crippen LogP contribution in [0.5, 0.6) is 0 Å². The number of carbonyl (C=O) groups excluding carboxylic acids is 2. The molecule has 2 aromatic carbocycles. The second-order valence-corrected chi connectivity index (χ2v) is 9.20. The molecule has 0 radical (unpaired) electrons. The van der Waals surface area contributed by atoms with E-state index in [2.05, 4.69) is 4.90 Å². The first-order chi connectivity index (χ1) is 16.1. The van der Waals surface area contributed by atoms with E-state index in [1.165, 1.54) is 17.0 Å². The van der Waals surface area contributed by atoms with Crippen molar-refractivity contribution in [3.8, 4) is 0 Å². The Hall–Kier alpha value is -2.77. The van der Waals surface area contributed by atoms with E-state index in [-0.39, 0.29) is 36.0 Å². The molecule has 5 rings (SSSR count). The number of urea groups is 1. The highest BCUT2D eigenvalue weighted by atomic mass is 19.1. The summed E-state index contributed by atoms with van der Waals surface area (Å²) in [5, 5.41) is 0. The standard InChI is InChI=1S/C26H30FN3O3/c27-20-8-6-19(7-9-20)24-11-10-23(33-24)18-28-15-12-21(13-16-28)29-17-14-25(31)30(26(29)32)22-4-2-1-3-5-22/h1-9,21,23-24H,10-18H2. The lowest BCUT2D eigenvalue weighted by atomic mass is 10.0. The number of likely N-dealkylation sites (tertiary alicyclic amines) is 1. The van der Waals surface area contributed by atoms with E-state index in [1.807, 2.05) is 47.4 Å². The van der Waals surface area contributed by atoms with Crippen molar-refractivity contribution < 1.29 is 18.7 Å². The first-order valence-electron chi connectivity index (χ1n) is 11.9. The zero-order valence-corrected chi connectivity index (χ0v) is 18.7. The van der Waals surface area contributed by atoms with Crippen LogP contribution in [0.2, 0.25) is 0 Å². The zero-order chi connectivity index (χ0) is 22.8. The van der Waals surface area contributed by atoms with Crippen LogP contribution in [0, 0.1) is 5.82 Å². The highest BCUT2D eigenvalue weighted by molar-refractivity contribution is 6.15. The predicted octanol–water partition coefficient (Wildman–Crippen LogP) is 4.37. The normalized spacial score (nSPS) is 25.1. The number of hydrogen-bond acceptors (Lipinski definition) is 4. The highest BCUT2D eigenvalue weighted by Gasteiger charge is 2.38. The maximum absolute atomic E-state index is 13.2. The van der Waals surface area contributed by atoms with Gasteiger partial charge in [0.1, 0.15) is 5.82 Å². The Labute approximate surface area is 193 Å². The maximum atomic E-state index is 13.2. The van der Waals surface area contributed by atoms with Crippen LogP contribution in [0.3, 0.4) is 0 Å². The van der Waals surface area contributed by atoms with E-state index in [0.29, 0.717) is 18.7 Å². The number of rotatable bonds is 5. The summed E-state index contributed by atoms with van der Waals surface area (Å²) in [5.74, 6) is -0.353. The van der Waals surface area contributed by atoms with Crippen molar-refractivity contribution in [1.29, 1.82) is 0 Å². The van der Waals surface area contributed by atoms with Crippen molar-refractivity contribution in [2.45, 2.75) is 50.4 Å². The quantitative estimate of drug-likeness (QED) is 0.678. The second kappa shape index (κ2) is 9.61. The lowest BCUT2D eigenvalue weighted by Crippen LogP contribution is -2.58. The molecule has 7 heteroatoms. The van der Waals surface area contributed by atoms with Gasteiger partial charge in [-0.1, -0.05) is 30.3 Å². The Morgan fingerprint density at radius 2 is 1.61 bits per heavy atom. The number of hydrogen-bond donors (Lipinski definition) is 0. The SMILES string of the molecule is O=C1CCN(C2CCN(CC3CCC(c4ccc(F)cc4)O3)CC2)C(=O)N1c1ccccc1. The third kappa shape index (κ3) is 4.80. The summed E-state index contributed by atoms with van der Waals surface area (Å²) < 4.78 is 19.4. The molecule has 174 valence electrons. The molecule has 0 aromatic heterocycles. The topological polar surface area (TPSA) is 53.1 Å². The molecule has 3 saturated heterocycles. The van der Waals surface area contributed by atoms with Crippen LogP contribution in [-0.2, 0) is 9.53 Å². The Morgan fingerprint density at radius 3 is 2.33 bits per heavy atom. The Balaban J connectivity index is 1.13. The van der Waals surface area contributed by atoms with Gasteiger partial charge in [0, 0.05) is 38.6 Å². The van der Waals surface area contributed by atoms with Crippen LogP contribution in [0.15, 0.2) is 54.6 Å². The predicted molar refractivity (Wildman–Crippen MR) is 123 cm³/mol. The molecule has 2 aromatic rings. The van der Waals surface area contributed by atoms with Crippen LogP contribution in [-0.4, -0.2) is 60.1 Å². The van der Waals surface area contributed by atoms with Crippen LogP contribution in [0.25, 0.3) is 0 Å². The van der Waals surface area contributed by atoms with E-state index in [4.69, 9.17) is 4.74 Å². The summed E-state index contributed by atoms with van der Waals surface area (Å²) in [6.45, 7) is 3.20. The van der Waals surface area contributed by atoms with Crippen molar-refractivity contribution in [3.63, 3.8) is 0 Å². The first-order valence-corrected chi connectivity index (χ1v) is 11.9. The molecular formula is C26H30FN3O3. The molecular weight excluding hydrogens is 421 g/mol. The Kier molecular flexibility index (Phi) is 6.42. The molecule has 0 aliphatic carbocycles. The third-order valence-corrected chi connectivity index (χ3v) is 7.08. The maximum Gasteiger partial charge on any atom is 0.331 e. The van der Waals surface area contributed by atoms with Crippen molar-refractivity contribution in [3.05, 3.63) is 66.0 Å². The van der Waals surface area contributed by atoms with Gasteiger partial charge in [0.05, 0.1) is 17.9 Å². The van der Waals surface area contributed by atoms with Gasteiger partial charge in [-0.3, -0.25) is 4.79 Å². The molecule has 3 fully saturated rings. The van der Waals surface area contributed by atoms with Gasteiger partial charge in [-0.2, -0.15) is 0 Å². The average Bonchev–Trinajstić information content (AvgIpc) is 3.29. The van der Waals surface area contributed by atoms with E-state index in [0.717, 1.165) is 50.9 Å². The summed E-state index contributed by atoms with van der Waals surface area (Å²) >= 11 is 0. The van der Waals surface area contributed by atoms with Crippen molar-refractivity contribution in [2.24, 2.45) is 0 Å². The number of para-hydroxylation sites is 1. The molecule has 0 bridgehead atoms. The molecule has 6 nitrogen and oxygen atoms in total. The number of imide groups is 1. The van der Waals surface area contributed by atoms with E-state index in [9.17, 15) is 14.0 Å². The second-order valence-electron chi connectivity index (χ2n) is 9.20. The summed E-state index contributed by atoms with van der Waals surface area (Å²) in [5.41, 5.74) is 1.68. The summed E-state index contributed by atoms with van der Waals surface area (Å²) in [6, 6.07) is 15.8. The van der Waals surface area contributed by atoms with E-state index >= 15 is 0 Å². The molecule has 33 heavy (non-hydrogen) atoms. The van der Waals surface area contributed by atoms with Crippen LogP contribution >= 0.6 is 0 Å². The highest BCUT2D eigenvalue weighted by Crippen LogP contribution is 2.34. The summed E-state index contributed by atoms with van der Waals surface area (Å²) in [7, 11) is 0. The van der Waals surface area contributed by atoms with E-state index < -0.39 is 0 Å². The molecule has 0 saturated carbocycles. The molecule has 3 aliphatic rings. The van der Waals surface area contributed by atoms with Gasteiger partial charge in [-0.15, -0.1) is 0 Å². The number of halogens is 1. The van der Waals surface area contributed by atoms with Crippen molar-refractivity contribution in [1.82, 2.24) is 9.80 Å². The van der Waals surface area contributed by atoms with Crippen LogP contribution in [0.1, 0.15) is 43.8 Å². The van der Waals surface area contributed by atoms with Crippen LogP contribution in [0.4, 0.5) is 14.9 Å².